The number of aryl methyl sites for hydroxylation is 1. The molecule has 1 atom stereocenters. The maximum atomic E-state index is 11.8. The van der Waals surface area contributed by atoms with E-state index in [0.717, 1.165) is 10.0 Å². The van der Waals surface area contributed by atoms with Gasteiger partial charge in [-0.3, -0.25) is 4.79 Å². The van der Waals surface area contributed by atoms with Crippen LogP contribution in [0.15, 0.2) is 33.3 Å². The minimum Gasteiger partial charge on any atom is -0.384 e. The van der Waals surface area contributed by atoms with Crippen LogP contribution in [-0.4, -0.2) is 27.7 Å². The van der Waals surface area contributed by atoms with E-state index in [0.29, 0.717) is 11.7 Å². The fourth-order valence-electron chi connectivity index (χ4n) is 1.80. The molecule has 2 aromatic rings. The van der Waals surface area contributed by atoms with Crippen LogP contribution in [-0.2, 0) is 16.8 Å². The molecule has 7 heteroatoms. The second-order valence-electron chi connectivity index (χ2n) is 4.96. The van der Waals surface area contributed by atoms with Gasteiger partial charge in [-0.25, -0.2) is 0 Å². The molecule has 2 N–H and O–H groups in total. The Morgan fingerprint density at radius 2 is 2.10 bits per heavy atom. The first-order valence-corrected chi connectivity index (χ1v) is 7.20. The van der Waals surface area contributed by atoms with Gasteiger partial charge in [-0.2, -0.15) is 4.98 Å². The van der Waals surface area contributed by atoms with Gasteiger partial charge < -0.3 is 14.9 Å². The van der Waals surface area contributed by atoms with Crippen LogP contribution in [0.1, 0.15) is 24.2 Å². The zero-order chi connectivity index (χ0) is 15.5. The molecule has 0 aliphatic carbocycles. The summed E-state index contributed by atoms with van der Waals surface area (Å²) in [5.74, 6) is 0.473. The molecule has 1 aromatic carbocycles. The van der Waals surface area contributed by atoms with Crippen molar-refractivity contribution in [1.29, 1.82) is 0 Å². The Kier molecular flexibility index (Phi) is 4.74. The van der Waals surface area contributed by atoms with Crippen molar-refractivity contribution in [3.63, 3.8) is 0 Å². The van der Waals surface area contributed by atoms with Crippen LogP contribution in [0.3, 0.4) is 0 Å². The van der Waals surface area contributed by atoms with E-state index in [9.17, 15) is 9.90 Å². The Labute approximate surface area is 130 Å². The Morgan fingerprint density at radius 3 is 2.67 bits per heavy atom. The Bertz CT molecular complexity index is 623. The Morgan fingerprint density at radius 1 is 1.43 bits per heavy atom. The number of carbonyl (C=O) groups is 1. The van der Waals surface area contributed by atoms with Gasteiger partial charge in [-0.05, 0) is 24.6 Å². The molecule has 0 fully saturated rings. The lowest BCUT2D eigenvalue weighted by Gasteiger charge is -2.24. The van der Waals surface area contributed by atoms with Crippen molar-refractivity contribution in [3.05, 3.63) is 46.0 Å². The molecular weight excluding hydrogens is 338 g/mol. The lowest BCUT2D eigenvalue weighted by molar-refractivity contribution is -0.121. The van der Waals surface area contributed by atoms with E-state index in [1.54, 1.807) is 26.0 Å². The molecule has 6 nitrogen and oxygen atoms in total. The maximum absolute atomic E-state index is 11.8. The number of carbonyl (C=O) groups excluding carboxylic acids is 1. The van der Waals surface area contributed by atoms with Crippen molar-refractivity contribution in [1.82, 2.24) is 15.5 Å². The first-order valence-electron chi connectivity index (χ1n) is 6.41. The predicted octanol–water partition coefficient (Wildman–Crippen LogP) is 1.71. The first kappa shape index (κ1) is 15.7. The van der Waals surface area contributed by atoms with E-state index in [1.807, 2.05) is 12.1 Å². The van der Waals surface area contributed by atoms with Gasteiger partial charge in [-0.15, -0.1) is 0 Å². The highest BCUT2D eigenvalue weighted by atomic mass is 79.9. The van der Waals surface area contributed by atoms with Crippen LogP contribution in [0, 0.1) is 6.92 Å². The van der Waals surface area contributed by atoms with Gasteiger partial charge in [0.05, 0.1) is 13.0 Å². The topological polar surface area (TPSA) is 88.2 Å². The smallest absolute Gasteiger partial charge is 0.227 e. The molecule has 1 unspecified atom stereocenters. The fourth-order valence-corrected chi connectivity index (χ4v) is 2.07. The number of nitrogens with one attached hydrogen (secondary N) is 1. The standard InChI is InChI=1S/C14H16BrN3O3/c1-9-17-12(18-21-9)7-13(19)16-8-14(2,20)10-3-5-11(15)6-4-10/h3-6,20H,7-8H2,1-2H3,(H,16,19). The zero-order valence-electron chi connectivity index (χ0n) is 11.8. The van der Waals surface area contributed by atoms with Crippen molar-refractivity contribution < 1.29 is 14.4 Å². The minimum absolute atomic E-state index is 0.0216. The molecule has 0 bridgehead atoms. The average Bonchev–Trinajstić information content (AvgIpc) is 2.82. The van der Waals surface area contributed by atoms with Gasteiger partial charge in [0.15, 0.2) is 5.82 Å². The van der Waals surface area contributed by atoms with Crippen molar-refractivity contribution in [3.8, 4) is 0 Å². The number of nitrogens with zero attached hydrogens (tertiary/aromatic N) is 2. The second-order valence-corrected chi connectivity index (χ2v) is 5.88. The molecule has 0 saturated heterocycles. The van der Waals surface area contributed by atoms with Crippen LogP contribution in [0.2, 0.25) is 0 Å². The van der Waals surface area contributed by atoms with E-state index in [4.69, 9.17) is 4.52 Å². The number of halogens is 1. The molecule has 21 heavy (non-hydrogen) atoms. The summed E-state index contributed by atoms with van der Waals surface area (Å²) >= 11 is 3.34. The number of amides is 1. The highest BCUT2D eigenvalue weighted by Gasteiger charge is 2.24. The molecule has 0 aliphatic rings. The van der Waals surface area contributed by atoms with Crippen LogP contribution >= 0.6 is 15.9 Å². The SMILES string of the molecule is Cc1nc(CC(=O)NCC(C)(O)c2ccc(Br)cc2)no1. The van der Waals surface area contributed by atoms with E-state index in [2.05, 4.69) is 31.4 Å². The largest absolute Gasteiger partial charge is 0.384 e. The second kappa shape index (κ2) is 6.36. The maximum Gasteiger partial charge on any atom is 0.227 e. The van der Waals surface area contributed by atoms with Gasteiger partial charge in [-0.1, -0.05) is 33.2 Å². The fraction of sp³-hybridized carbons (Fsp3) is 0.357. The lowest BCUT2D eigenvalue weighted by Crippen LogP contribution is -2.39. The van der Waals surface area contributed by atoms with Crippen molar-refractivity contribution in [2.75, 3.05) is 6.54 Å². The van der Waals surface area contributed by atoms with E-state index in [-0.39, 0.29) is 18.9 Å². The van der Waals surface area contributed by atoms with E-state index < -0.39 is 5.60 Å². The van der Waals surface area contributed by atoms with Gasteiger partial charge in [0.25, 0.3) is 0 Å². The van der Waals surface area contributed by atoms with Crippen LogP contribution in [0.5, 0.6) is 0 Å². The zero-order valence-corrected chi connectivity index (χ0v) is 13.3. The summed E-state index contributed by atoms with van der Waals surface area (Å²) in [6.07, 6.45) is 0.0216. The molecule has 0 saturated carbocycles. The summed E-state index contributed by atoms with van der Waals surface area (Å²) < 4.78 is 5.73. The molecule has 2 rings (SSSR count). The van der Waals surface area contributed by atoms with Gasteiger partial charge >= 0.3 is 0 Å². The molecule has 0 aliphatic heterocycles. The van der Waals surface area contributed by atoms with Crippen LogP contribution in [0.4, 0.5) is 0 Å². The highest BCUT2D eigenvalue weighted by Crippen LogP contribution is 2.21. The number of benzene rings is 1. The lowest BCUT2D eigenvalue weighted by atomic mass is 9.96. The number of aliphatic hydroxyl groups is 1. The van der Waals surface area contributed by atoms with Crippen molar-refractivity contribution in [2.24, 2.45) is 0 Å². The summed E-state index contributed by atoms with van der Waals surface area (Å²) in [4.78, 5) is 15.8. The number of aromatic nitrogens is 2. The third-order valence-corrected chi connectivity index (χ3v) is 3.51. The molecule has 0 spiro atoms. The predicted molar refractivity (Wildman–Crippen MR) is 79.5 cm³/mol. The van der Waals surface area contributed by atoms with Crippen LogP contribution < -0.4 is 5.32 Å². The molecular formula is C14H16BrN3O3. The summed E-state index contributed by atoms with van der Waals surface area (Å²) in [6.45, 7) is 3.41. The Balaban J connectivity index is 1.91. The monoisotopic (exact) mass is 353 g/mol. The number of rotatable bonds is 5. The van der Waals surface area contributed by atoms with E-state index in [1.165, 1.54) is 0 Å². The summed E-state index contributed by atoms with van der Waals surface area (Å²) in [5, 5.41) is 16.7. The summed E-state index contributed by atoms with van der Waals surface area (Å²) in [7, 11) is 0. The number of hydrogen-bond donors (Lipinski definition) is 2. The van der Waals surface area contributed by atoms with E-state index >= 15 is 0 Å². The average molecular weight is 354 g/mol. The molecule has 1 heterocycles. The van der Waals surface area contributed by atoms with Gasteiger partial charge in [0, 0.05) is 11.4 Å². The van der Waals surface area contributed by atoms with Crippen molar-refractivity contribution >= 4 is 21.8 Å². The molecule has 112 valence electrons. The molecule has 1 amide bonds. The number of hydrogen-bond acceptors (Lipinski definition) is 5. The molecule has 0 radical (unpaired) electrons. The third kappa shape index (κ3) is 4.37. The first-order chi connectivity index (χ1) is 9.87. The van der Waals surface area contributed by atoms with Gasteiger partial charge in [0.2, 0.25) is 11.8 Å². The summed E-state index contributed by atoms with van der Waals surface area (Å²) in [5.41, 5.74) is -0.426. The summed E-state index contributed by atoms with van der Waals surface area (Å²) in [6, 6.07) is 7.29. The van der Waals surface area contributed by atoms with Crippen molar-refractivity contribution in [2.45, 2.75) is 25.9 Å². The molecule has 1 aromatic heterocycles. The quantitative estimate of drug-likeness (QED) is 0.854. The highest BCUT2D eigenvalue weighted by molar-refractivity contribution is 9.10. The third-order valence-electron chi connectivity index (χ3n) is 2.98. The van der Waals surface area contributed by atoms with Gasteiger partial charge in [0.1, 0.15) is 5.60 Å². The minimum atomic E-state index is -1.15. The Hall–Kier alpha value is -1.73. The van der Waals surface area contributed by atoms with Crippen LogP contribution in [0.25, 0.3) is 0 Å². The normalized spacial score (nSPS) is 13.7.